The van der Waals surface area contributed by atoms with Gasteiger partial charge in [0.1, 0.15) is 0 Å². The molecule has 6 atom stereocenters. The van der Waals surface area contributed by atoms with E-state index in [2.05, 4.69) is 31.3 Å². The molecule has 4 rings (SSSR count). The van der Waals surface area contributed by atoms with Crippen molar-refractivity contribution in [3.05, 3.63) is 22.6 Å². The van der Waals surface area contributed by atoms with E-state index in [0.717, 1.165) is 42.4 Å². The lowest BCUT2D eigenvalue weighted by Crippen LogP contribution is -2.54. The van der Waals surface area contributed by atoms with E-state index in [1.807, 2.05) is 20.8 Å². The number of carbonyl (C=O) groups excluding carboxylic acids is 1. The summed E-state index contributed by atoms with van der Waals surface area (Å²) in [6.07, 6.45) is 12.3. The largest absolute Gasteiger partial charge is 0.473 e. The SMILES string of the molecule is CC(C)(C)C(=O)NC1CC[C@H]2[C@@H]3CC=C4C=C(SC(=O)O)CC[C@]4(C)[C@@H]3CC[C@]12C. The van der Waals surface area contributed by atoms with Gasteiger partial charge in [0, 0.05) is 11.5 Å². The van der Waals surface area contributed by atoms with Gasteiger partial charge in [0.05, 0.1) is 0 Å². The Bertz CT molecular complexity index is 810. The Labute approximate surface area is 185 Å². The van der Waals surface area contributed by atoms with Crippen LogP contribution in [0.4, 0.5) is 4.79 Å². The minimum Gasteiger partial charge on any atom is -0.473 e. The number of allylic oxidation sites excluding steroid dienone is 4. The number of hydrogen-bond acceptors (Lipinski definition) is 3. The fourth-order valence-corrected chi connectivity index (χ4v) is 7.72. The maximum Gasteiger partial charge on any atom is 0.369 e. The lowest BCUT2D eigenvalue weighted by atomic mass is 9.48. The summed E-state index contributed by atoms with van der Waals surface area (Å²) in [5.74, 6) is 2.18. The Hall–Kier alpha value is -1.23. The van der Waals surface area contributed by atoms with Gasteiger partial charge in [-0.25, -0.2) is 4.79 Å². The molecule has 2 saturated carbocycles. The first-order valence-electron chi connectivity index (χ1n) is 11.6. The van der Waals surface area contributed by atoms with Crippen LogP contribution in [0.25, 0.3) is 0 Å². The number of nitrogens with one attached hydrogen (secondary N) is 1. The first-order chi connectivity index (χ1) is 13.9. The molecule has 2 fully saturated rings. The van der Waals surface area contributed by atoms with E-state index in [9.17, 15) is 9.59 Å². The number of carbonyl (C=O) groups is 2. The van der Waals surface area contributed by atoms with Crippen molar-refractivity contribution < 1.29 is 14.7 Å². The topological polar surface area (TPSA) is 66.4 Å². The fraction of sp³-hybridized carbons (Fsp3) is 0.760. The normalized spacial score (nSPS) is 40.4. The minimum absolute atomic E-state index is 0.166. The molecule has 0 aliphatic heterocycles. The summed E-state index contributed by atoms with van der Waals surface area (Å²) in [5.41, 5.74) is 1.39. The molecule has 1 unspecified atom stereocenters. The van der Waals surface area contributed by atoms with Crippen LogP contribution in [0.5, 0.6) is 0 Å². The van der Waals surface area contributed by atoms with Gasteiger partial charge in [0.25, 0.3) is 0 Å². The third-order valence-corrected chi connectivity index (χ3v) is 9.70. The highest BCUT2D eigenvalue weighted by Crippen LogP contribution is 2.64. The average Bonchev–Trinajstić information content (AvgIpc) is 2.97. The molecular weight excluding hydrogens is 394 g/mol. The van der Waals surface area contributed by atoms with E-state index < -0.39 is 5.30 Å². The van der Waals surface area contributed by atoms with E-state index in [-0.39, 0.29) is 28.2 Å². The molecule has 0 heterocycles. The Balaban J connectivity index is 1.56. The van der Waals surface area contributed by atoms with Crippen molar-refractivity contribution in [1.29, 1.82) is 0 Å². The minimum atomic E-state index is -0.804. The molecule has 0 radical (unpaired) electrons. The quantitative estimate of drug-likeness (QED) is 0.532. The molecule has 4 aliphatic rings. The number of thioether (sulfide) groups is 1. The zero-order valence-corrected chi connectivity index (χ0v) is 19.9. The Morgan fingerprint density at radius 3 is 2.53 bits per heavy atom. The Morgan fingerprint density at radius 1 is 1.13 bits per heavy atom. The summed E-state index contributed by atoms with van der Waals surface area (Å²) >= 11 is 0.979. The number of carboxylic acid groups (broad SMARTS) is 1. The Kier molecular flexibility index (Phi) is 5.44. The highest BCUT2D eigenvalue weighted by molar-refractivity contribution is 8.16. The molecule has 0 spiro atoms. The van der Waals surface area contributed by atoms with E-state index in [1.54, 1.807) is 0 Å². The molecule has 4 aliphatic carbocycles. The molecule has 30 heavy (non-hydrogen) atoms. The van der Waals surface area contributed by atoms with Gasteiger partial charge in [-0.3, -0.25) is 4.79 Å². The molecule has 2 N–H and O–H groups in total. The predicted molar refractivity (Wildman–Crippen MR) is 122 cm³/mol. The number of amides is 1. The second-order valence-corrected chi connectivity index (χ2v) is 12.6. The lowest BCUT2D eigenvalue weighted by Gasteiger charge is -2.57. The van der Waals surface area contributed by atoms with Crippen LogP contribution in [0.1, 0.15) is 79.6 Å². The molecule has 0 saturated heterocycles. The predicted octanol–water partition coefficient (Wildman–Crippen LogP) is 6.39. The van der Waals surface area contributed by atoms with Crippen LogP contribution in [-0.2, 0) is 4.79 Å². The van der Waals surface area contributed by atoms with Crippen molar-refractivity contribution >= 4 is 23.0 Å². The van der Waals surface area contributed by atoms with Gasteiger partial charge < -0.3 is 10.4 Å². The van der Waals surface area contributed by atoms with Crippen LogP contribution in [0.3, 0.4) is 0 Å². The summed E-state index contributed by atoms with van der Waals surface area (Å²) in [7, 11) is 0. The second-order valence-electron chi connectivity index (χ2n) is 11.6. The molecule has 0 aromatic heterocycles. The van der Waals surface area contributed by atoms with Crippen molar-refractivity contribution in [3.63, 3.8) is 0 Å². The summed E-state index contributed by atoms with van der Waals surface area (Å²) in [6, 6.07) is 0.290. The van der Waals surface area contributed by atoms with Crippen LogP contribution >= 0.6 is 11.8 Å². The molecule has 166 valence electrons. The van der Waals surface area contributed by atoms with Crippen LogP contribution in [0, 0.1) is 34.0 Å². The average molecular weight is 432 g/mol. The van der Waals surface area contributed by atoms with Crippen LogP contribution in [0.15, 0.2) is 22.6 Å². The zero-order chi connectivity index (χ0) is 21.9. The van der Waals surface area contributed by atoms with Crippen molar-refractivity contribution in [2.45, 2.75) is 85.6 Å². The first-order valence-corrected chi connectivity index (χ1v) is 12.4. The number of rotatable bonds is 2. The summed E-state index contributed by atoms with van der Waals surface area (Å²) in [5, 5.41) is 11.8. The van der Waals surface area contributed by atoms with Gasteiger partial charge in [-0.15, -0.1) is 0 Å². The van der Waals surface area contributed by atoms with E-state index >= 15 is 0 Å². The van der Waals surface area contributed by atoms with Crippen LogP contribution in [-0.4, -0.2) is 22.4 Å². The first kappa shape index (κ1) is 22.0. The summed E-state index contributed by atoms with van der Waals surface area (Å²) in [4.78, 5) is 24.8. The van der Waals surface area contributed by atoms with Gasteiger partial charge in [0.2, 0.25) is 5.91 Å². The highest BCUT2D eigenvalue weighted by atomic mass is 32.2. The van der Waals surface area contributed by atoms with Gasteiger partial charge in [-0.2, -0.15) is 0 Å². The van der Waals surface area contributed by atoms with Crippen molar-refractivity contribution in [2.75, 3.05) is 0 Å². The Morgan fingerprint density at radius 2 is 1.87 bits per heavy atom. The molecule has 0 aromatic carbocycles. The van der Waals surface area contributed by atoms with Crippen LogP contribution < -0.4 is 5.32 Å². The van der Waals surface area contributed by atoms with E-state index in [1.165, 1.54) is 24.8 Å². The summed E-state index contributed by atoms with van der Waals surface area (Å²) in [6.45, 7) is 10.8. The van der Waals surface area contributed by atoms with Gasteiger partial charge in [0.15, 0.2) is 0 Å². The maximum atomic E-state index is 12.7. The van der Waals surface area contributed by atoms with Crippen LogP contribution in [0.2, 0.25) is 0 Å². The molecule has 1 amide bonds. The third-order valence-electron chi connectivity index (χ3n) is 8.94. The van der Waals surface area contributed by atoms with Crippen molar-refractivity contribution in [3.8, 4) is 0 Å². The van der Waals surface area contributed by atoms with Crippen molar-refractivity contribution in [1.82, 2.24) is 5.32 Å². The summed E-state index contributed by atoms with van der Waals surface area (Å²) < 4.78 is 0. The molecule has 4 nitrogen and oxygen atoms in total. The maximum absolute atomic E-state index is 12.7. The smallest absolute Gasteiger partial charge is 0.369 e. The van der Waals surface area contributed by atoms with Gasteiger partial charge >= 0.3 is 5.30 Å². The third kappa shape index (κ3) is 3.55. The molecule has 0 bridgehead atoms. The standard InChI is InChI=1S/C25H37NO3S/c1-23(2,3)21(27)26-20-9-8-18-17-7-6-15-14-16(30-22(28)29)10-12-24(15,4)19(17)11-13-25(18,20)5/h6,14,17-20H,7-13H2,1-5H3,(H,26,27)(H,28,29)/t17-,18-,19+,20?,24-,25-/m0/s1. The van der Waals surface area contributed by atoms with Gasteiger partial charge in [-0.05, 0) is 102 Å². The zero-order valence-electron chi connectivity index (χ0n) is 19.1. The van der Waals surface area contributed by atoms with Gasteiger partial charge in [-0.1, -0.05) is 40.7 Å². The number of fused-ring (bicyclic) bond motifs is 5. The fourth-order valence-electron chi connectivity index (χ4n) is 7.10. The van der Waals surface area contributed by atoms with E-state index in [0.29, 0.717) is 17.8 Å². The highest BCUT2D eigenvalue weighted by Gasteiger charge is 2.58. The monoisotopic (exact) mass is 431 g/mol. The molecular formula is C25H37NO3S. The lowest BCUT2D eigenvalue weighted by molar-refractivity contribution is -0.130. The van der Waals surface area contributed by atoms with E-state index in [4.69, 9.17) is 5.11 Å². The van der Waals surface area contributed by atoms with Crippen molar-refractivity contribution in [2.24, 2.45) is 34.0 Å². The number of hydrogen-bond donors (Lipinski definition) is 2. The molecule has 0 aromatic rings. The second kappa shape index (κ2) is 7.43. The molecule has 5 heteroatoms.